The molecule has 1 rings (SSSR count). The number of carbonyl (C=O) groups excluding carboxylic acids is 2. The van der Waals surface area contributed by atoms with Gasteiger partial charge in [0.1, 0.15) is 5.82 Å². The minimum atomic E-state index is -4.92. The molecule has 1 aromatic carbocycles. The average Bonchev–Trinajstić information content (AvgIpc) is 2.45. The Morgan fingerprint density at radius 3 is 2.48 bits per heavy atom. The Hall–Kier alpha value is -2.16. The molecule has 1 unspecified atom stereocenters. The predicted octanol–water partition coefficient (Wildman–Crippen LogP) is 2.06. The fraction of sp³-hybridized carbons (Fsp3) is 0.429. The number of nitrogens with one attached hydrogen (secondary N) is 2. The maximum atomic E-state index is 13.1. The second-order valence-corrected chi connectivity index (χ2v) is 4.80. The smallest absolute Gasteiger partial charge is 0.391 e. The van der Waals surface area contributed by atoms with E-state index in [-0.39, 0.29) is 12.2 Å². The molecule has 0 fully saturated rings. The highest BCUT2D eigenvalue weighted by atomic mass is 19.4. The van der Waals surface area contributed by atoms with Crippen molar-refractivity contribution in [3.8, 4) is 0 Å². The summed E-state index contributed by atoms with van der Waals surface area (Å²) in [6.07, 6.45) is -4.63. The zero-order valence-corrected chi connectivity index (χ0v) is 12.2. The molecular weight excluding hydrogens is 320 g/mol. The van der Waals surface area contributed by atoms with Crippen LogP contribution >= 0.6 is 0 Å². The van der Waals surface area contributed by atoms with Crippen LogP contribution in [0, 0.1) is 5.82 Å². The Morgan fingerprint density at radius 2 is 1.91 bits per heavy atom. The van der Waals surface area contributed by atoms with Crippen molar-refractivity contribution in [2.24, 2.45) is 0 Å². The van der Waals surface area contributed by atoms with E-state index in [1.807, 2.05) is 12.2 Å². The molecule has 128 valence electrons. The second kappa shape index (κ2) is 7.91. The minimum Gasteiger partial charge on any atom is -0.391 e. The summed E-state index contributed by atoms with van der Waals surface area (Å²) in [7, 11) is 0. The zero-order chi connectivity index (χ0) is 17.6. The van der Waals surface area contributed by atoms with E-state index in [1.165, 1.54) is 0 Å². The Balaban J connectivity index is 2.69. The number of hydrogen-bond donors (Lipinski definition) is 3. The Bertz CT molecular complexity index is 576. The van der Waals surface area contributed by atoms with Crippen molar-refractivity contribution in [1.82, 2.24) is 5.32 Å². The van der Waals surface area contributed by atoms with Gasteiger partial charge in [-0.2, -0.15) is 13.2 Å². The van der Waals surface area contributed by atoms with E-state index in [0.29, 0.717) is 25.0 Å². The summed E-state index contributed by atoms with van der Waals surface area (Å²) in [6, 6.07) is 1.84. The van der Waals surface area contributed by atoms with Crippen LogP contribution in [0.2, 0.25) is 0 Å². The van der Waals surface area contributed by atoms with Gasteiger partial charge in [0.2, 0.25) is 0 Å². The number of alkyl halides is 3. The SMILES string of the molecule is CCCC(O)CNC(=O)C(=O)Nc1ccc(F)c(C(F)(F)F)c1. The standard InChI is InChI=1S/C14H16F4N2O3/c1-2-3-9(21)7-19-12(22)13(23)20-8-4-5-11(15)10(6-8)14(16,17)18/h4-6,9,21H,2-3,7H2,1H3,(H,19,22)(H,20,23). The normalized spacial score (nSPS) is 12.6. The molecule has 2 amide bonds. The molecule has 0 aliphatic rings. The molecule has 1 atom stereocenters. The summed E-state index contributed by atoms with van der Waals surface area (Å²) in [6.45, 7) is 1.67. The number of hydrogen-bond acceptors (Lipinski definition) is 3. The summed E-state index contributed by atoms with van der Waals surface area (Å²) >= 11 is 0. The summed E-state index contributed by atoms with van der Waals surface area (Å²) < 4.78 is 50.7. The van der Waals surface area contributed by atoms with Crippen LogP contribution in [0.4, 0.5) is 23.2 Å². The molecule has 0 radical (unpaired) electrons. The van der Waals surface area contributed by atoms with E-state index in [9.17, 15) is 32.3 Å². The predicted molar refractivity (Wildman–Crippen MR) is 74.0 cm³/mol. The van der Waals surface area contributed by atoms with Crippen LogP contribution in [0.25, 0.3) is 0 Å². The van der Waals surface area contributed by atoms with Crippen LogP contribution in [-0.2, 0) is 15.8 Å². The Kier molecular flexibility index (Phi) is 6.49. The third-order valence-electron chi connectivity index (χ3n) is 2.86. The van der Waals surface area contributed by atoms with Gasteiger partial charge in [0.25, 0.3) is 0 Å². The van der Waals surface area contributed by atoms with Crippen molar-refractivity contribution < 1.29 is 32.3 Å². The highest BCUT2D eigenvalue weighted by molar-refractivity contribution is 6.39. The molecule has 0 saturated heterocycles. The van der Waals surface area contributed by atoms with Gasteiger partial charge in [-0.25, -0.2) is 4.39 Å². The fourth-order valence-corrected chi connectivity index (χ4v) is 1.73. The topological polar surface area (TPSA) is 78.4 Å². The van der Waals surface area contributed by atoms with Crippen LogP contribution in [0.3, 0.4) is 0 Å². The van der Waals surface area contributed by atoms with Gasteiger partial charge in [-0.1, -0.05) is 13.3 Å². The van der Waals surface area contributed by atoms with Gasteiger partial charge in [-0.3, -0.25) is 9.59 Å². The summed E-state index contributed by atoms with van der Waals surface area (Å²) in [4.78, 5) is 23.0. The molecule has 0 aliphatic heterocycles. The number of halogens is 4. The molecule has 9 heteroatoms. The summed E-state index contributed by atoms with van der Waals surface area (Å²) in [5.74, 6) is -3.81. The monoisotopic (exact) mass is 336 g/mol. The quantitative estimate of drug-likeness (QED) is 0.569. The first-order chi connectivity index (χ1) is 10.6. The van der Waals surface area contributed by atoms with Crippen molar-refractivity contribution in [2.45, 2.75) is 32.0 Å². The van der Waals surface area contributed by atoms with Gasteiger partial charge >= 0.3 is 18.0 Å². The molecule has 5 nitrogen and oxygen atoms in total. The number of anilines is 1. The molecule has 1 aromatic rings. The third-order valence-corrected chi connectivity index (χ3v) is 2.86. The van der Waals surface area contributed by atoms with Gasteiger partial charge in [-0.15, -0.1) is 0 Å². The maximum Gasteiger partial charge on any atom is 0.419 e. The third kappa shape index (κ3) is 5.85. The van der Waals surface area contributed by atoms with E-state index in [2.05, 4.69) is 5.32 Å². The number of carbonyl (C=O) groups is 2. The largest absolute Gasteiger partial charge is 0.419 e. The van der Waals surface area contributed by atoms with Crippen LogP contribution in [-0.4, -0.2) is 29.6 Å². The lowest BCUT2D eigenvalue weighted by atomic mass is 10.2. The summed E-state index contributed by atoms with van der Waals surface area (Å²) in [5, 5.41) is 13.5. The summed E-state index contributed by atoms with van der Waals surface area (Å²) in [5.41, 5.74) is -1.91. The zero-order valence-electron chi connectivity index (χ0n) is 12.2. The number of amides is 2. The van der Waals surface area contributed by atoms with Crippen molar-refractivity contribution in [3.63, 3.8) is 0 Å². The molecule has 3 N–H and O–H groups in total. The molecule has 23 heavy (non-hydrogen) atoms. The van der Waals surface area contributed by atoms with Crippen LogP contribution in [0.1, 0.15) is 25.3 Å². The van der Waals surface area contributed by atoms with Gasteiger partial charge in [0.05, 0.1) is 11.7 Å². The van der Waals surface area contributed by atoms with Gasteiger partial charge in [0.15, 0.2) is 0 Å². The van der Waals surface area contributed by atoms with E-state index in [0.717, 1.165) is 6.07 Å². The molecule has 0 aliphatic carbocycles. The van der Waals surface area contributed by atoms with Crippen molar-refractivity contribution in [2.75, 3.05) is 11.9 Å². The first-order valence-electron chi connectivity index (χ1n) is 6.79. The molecule has 0 saturated carbocycles. The van der Waals surface area contributed by atoms with Gasteiger partial charge in [0, 0.05) is 12.2 Å². The van der Waals surface area contributed by atoms with Crippen molar-refractivity contribution in [1.29, 1.82) is 0 Å². The van der Waals surface area contributed by atoms with Crippen molar-refractivity contribution in [3.05, 3.63) is 29.6 Å². The molecule has 0 aromatic heterocycles. The maximum absolute atomic E-state index is 13.1. The van der Waals surface area contributed by atoms with Crippen LogP contribution in [0.5, 0.6) is 0 Å². The lowest BCUT2D eigenvalue weighted by molar-refractivity contribution is -0.140. The van der Waals surface area contributed by atoms with Crippen LogP contribution in [0.15, 0.2) is 18.2 Å². The number of aliphatic hydroxyl groups is 1. The van der Waals surface area contributed by atoms with Crippen LogP contribution < -0.4 is 10.6 Å². The first kappa shape index (κ1) is 18.9. The van der Waals surface area contributed by atoms with Gasteiger partial charge in [-0.05, 0) is 24.6 Å². The number of benzene rings is 1. The van der Waals surface area contributed by atoms with Crippen molar-refractivity contribution >= 4 is 17.5 Å². The average molecular weight is 336 g/mol. The Morgan fingerprint density at radius 1 is 1.26 bits per heavy atom. The molecule has 0 heterocycles. The van der Waals surface area contributed by atoms with E-state index in [4.69, 9.17) is 0 Å². The second-order valence-electron chi connectivity index (χ2n) is 4.80. The number of aliphatic hydroxyl groups excluding tert-OH is 1. The van der Waals surface area contributed by atoms with E-state index in [1.54, 1.807) is 0 Å². The number of rotatable bonds is 5. The molecule has 0 spiro atoms. The highest BCUT2D eigenvalue weighted by Gasteiger charge is 2.34. The lowest BCUT2D eigenvalue weighted by Gasteiger charge is -2.12. The van der Waals surface area contributed by atoms with E-state index >= 15 is 0 Å². The lowest BCUT2D eigenvalue weighted by Crippen LogP contribution is -2.39. The molecule has 0 bridgehead atoms. The molecular formula is C14H16F4N2O3. The minimum absolute atomic E-state index is 0.155. The van der Waals surface area contributed by atoms with Gasteiger partial charge < -0.3 is 15.7 Å². The first-order valence-corrected chi connectivity index (χ1v) is 6.79. The van der Waals surface area contributed by atoms with E-state index < -0.39 is 35.5 Å². The fourth-order valence-electron chi connectivity index (χ4n) is 1.73. The highest BCUT2D eigenvalue weighted by Crippen LogP contribution is 2.32. The Labute approximate surface area is 129 Å².